The lowest BCUT2D eigenvalue weighted by molar-refractivity contribution is -0.132. The Balaban J connectivity index is 4.56. The van der Waals surface area contributed by atoms with Crippen molar-refractivity contribution >= 4 is 5.97 Å². The molecule has 2 heteroatoms. The van der Waals surface area contributed by atoms with Gasteiger partial charge in [-0.05, 0) is 34.6 Å². The molecule has 0 heterocycles. The highest BCUT2D eigenvalue weighted by Gasteiger charge is 1.95. The van der Waals surface area contributed by atoms with E-state index in [1.165, 1.54) is 11.1 Å². The maximum absolute atomic E-state index is 10.6. The number of allylic oxidation sites excluding steroid dienone is 9. The highest BCUT2D eigenvalue weighted by atomic mass is 16.4. The molecule has 0 aliphatic carbocycles. The fourth-order valence-electron chi connectivity index (χ4n) is 0.982. The van der Waals surface area contributed by atoms with Gasteiger partial charge in [0.1, 0.15) is 0 Å². The summed E-state index contributed by atoms with van der Waals surface area (Å²) in [4.78, 5) is 10.6. The standard InChI is InChI=1S/C16H22O2/c1-12(2)14(4)10-6-8-13(3)9-7-11-15(5)16(17)18/h6-11H,1-5H3,(H,17,18)/b9-7+,10-6+,13-8+,15-11+. The molecule has 0 atom stereocenters. The maximum atomic E-state index is 10.6. The van der Waals surface area contributed by atoms with Gasteiger partial charge >= 0.3 is 5.97 Å². The molecule has 1 N–H and O–H groups in total. The van der Waals surface area contributed by atoms with E-state index in [1.807, 2.05) is 25.2 Å². The van der Waals surface area contributed by atoms with Crippen molar-refractivity contribution in [3.63, 3.8) is 0 Å². The molecule has 0 aliphatic rings. The fourth-order valence-corrected chi connectivity index (χ4v) is 0.982. The Hall–Kier alpha value is -1.83. The summed E-state index contributed by atoms with van der Waals surface area (Å²) in [5.41, 5.74) is 3.95. The van der Waals surface area contributed by atoms with Crippen LogP contribution in [0, 0.1) is 0 Å². The van der Waals surface area contributed by atoms with Crippen molar-refractivity contribution in [3.05, 3.63) is 58.7 Å². The summed E-state index contributed by atoms with van der Waals surface area (Å²) < 4.78 is 0. The zero-order valence-electron chi connectivity index (χ0n) is 11.8. The van der Waals surface area contributed by atoms with Crippen LogP contribution in [0.1, 0.15) is 34.6 Å². The summed E-state index contributed by atoms with van der Waals surface area (Å²) >= 11 is 0. The quantitative estimate of drug-likeness (QED) is 0.575. The fraction of sp³-hybridized carbons (Fsp3) is 0.312. The Morgan fingerprint density at radius 1 is 0.889 bits per heavy atom. The summed E-state index contributed by atoms with van der Waals surface area (Å²) in [7, 11) is 0. The number of rotatable bonds is 5. The van der Waals surface area contributed by atoms with Crippen LogP contribution >= 0.6 is 0 Å². The van der Waals surface area contributed by atoms with Gasteiger partial charge in [0, 0.05) is 5.57 Å². The smallest absolute Gasteiger partial charge is 0.331 e. The van der Waals surface area contributed by atoms with E-state index in [9.17, 15) is 4.79 Å². The predicted molar refractivity (Wildman–Crippen MR) is 77.5 cm³/mol. The van der Waals surface area contributed by atoms with Gasteiger partial charge in [-0.25, -0.2) is 4.79 Å². The number of hydrogen-bond acceptors (Lipinski definition) is 1. The molecule has 98 valence electrons. The lowest BCUT2D eigenvalue weighted by atomic mass is 10.1. The van der Waals surface area contributed by atoms with Crippen LogP contribution in [0.3, 0.4) is 0 Å². The average Bonchev–Trinajstić information content (AvgIpc) is 2.28. The molecule has 0 unspecified atom stereocenters. The van der Waals surface area contributed by atoms with E-state index >= 15 is 0 Å². The third kappa shape index (κ3) is 7.44. The van der Waals surface area contributed by atoms with E-state index in [4.69, 9.17) is 5.11 Å². The van der Waals surface area contributed by atoms with Crippen LogP contribution < -0.4 is 0 Å². The monoisotopic (exact) mass is 246 g/mol. The first-order valence-corrected chi connectivity index (χ1v) is 5.92. The molecule has 0 aliphatic heterocycles. The topological polar surface area (TPSA) is 37.3 Å². The Labute approximate surface area is 110 Å². The number of carboxylic acid groups (broad SMARTS) is 1. The van der Waals surface area contributed by atoms with Crippen molar-refractivity contribution in [2.45, 2.75) is 34.6 Å². The van der Waals surface area contributed by atoms with E-state index < -0.39 is 5.97 Å². The number of aliphatic carboxylic acids is 1. The van der Waals surface area contributed by atoms with Gasteiger partial charge in [-0.1, -0.05) is 53.2 Å². The highest BCUT2D eigenvalue weighted by Crippen LogP contribution is 2.04. The summed E-state index contributed by atoms with van der Waals surface area (Å²) in [6.45, 7) is 9.78. The first-order valence-electron chi connectivity index (χ1n) is 5.92. The van der Waals surface area contributed by atoms with Gasteiger partial charge in [-0.15, -0.1) is 0 Å². The summed E-state index contributed by atoms with van der Waals surface area (Å²) in [5, 5.41) is 8.67. The van der Waals surface area contributed by atoms with Crippen LogP contribution in [0.25, 0.3) is 0 Å². The molecular formula is C16H22O2. The highest BCUT2D eigenvalue weighted by molar-refractivity contribution is 5.86. The minimum Gasteiger partial charge on any atom is -0.478 e. The molecule has 0 fully saturated rings. The lowest BCUT2D eigenvalue weighted by Crippen LogP contribution is -1.94. The predicted octanol–water partition coefficient (Wildman–Crippen LogP) is 4.43. The molecule has 0 radical (unpaired) electrons. The third-order valence-electron chi connectivity index (χ3n) is 2.54. The number of hydrogen-bond donors (Lipinski definition) is 1. The van der Waals surface area contributed by atoms with Crippen LogP contribution in [0.4, 0.5) is 0 Å². The average molecular weight is 246 g/mol. The van der Waals surface area contributed by atoms with Crippen molar-refractivity contribution < 1.29 is 9.90 Å². The van der Waals surface area contributed by atoms with Crippen molar-refractivity contribution in [3.8, 4) is 0 Å². The SMILES string of the molecule is CC(C)=C(C)/C=C/C=C(C)/C=C/C=C(\C)C(=O)O. The molecule has 0 amide bonds. The molecule has 0 saturated carbocycles. The molecule has 0 rings (SSSR count). The Bertz CT molecular complexity index is 440. The van der Waals surface area contributed by atoms with Crippen molar-refractivity contribution in [1.29, 1.82) is 0 Å². The molecule has 18 heavy (non-hydrogen) atoms. The van der Waals surface area contributed by atoms with Gasteiger partial charge in [-0.2, -0.15) is 0 Å². The Kier molecular flexibility index (Phi) is 7.45. The molecule has 0 spiro atoms. The zero-order valence-corrected chi connectivity index (χ0v) is 11.8. The van der Waals surface area contributed by atoms with Crippen LogP contribution in [0.5, 0.6) is 0 Å². The molecule has 0 saturated heterocycles. The van der Waals surface area contributed by atoms with Crippen molar-refractivity contribution in [1.82, 2.24) is 0 Å². The molecule has 0 aromatic heterocycles. The molecular weight excluding hydrogens is 224 g/mol. The first kappa shape index (κ1) is 16.2. The van der Waals surface area contributed by atoms with E-state index in [1.54, 1.807) is 19.1 Å². The van der Waals surface area contributed by atoms with Crippen LogP contribution in [-0.4, -0.2) is 11.1 Å². The minimum absolute atomic E-state index is 0.329. The summed E-state index contributed by atoms with van der Waals surface area (Å²) in [6.07, 6.45) is 11.3. The van der Waals surface area contributed by atoms with Gasteiger partial charge in [0.05, 0.1) is 0 Å². The van der Waals surface area contributed by atoms with E-state index in [0.29, 0.717) is 5.57 Å². The second kappa shape index (κ2) is 8.29. The lowest BCUT2D eigenvalue weighted by Gasteiger charge is -1.94. The van der Waals surface area contributed by atoms with Crippen LogP contribution in [-0.2, 0) is 4.79 Å². The van der Waals surface area contributed by atoms with Gasteiger partial charge in [-0.3, -0.25) is 0 Å². The largest absolute Gasteiger partial charge is 0.478 e. The molecule has 0 aromatic carbocycles. The van der Waals surface area contributed by atoms with Gasteiger partial charge in [0.25, 0.3) is 0 Å². The van der Waals surface area contributed by atoms with Crippen molar-refractivity contribution in [2.75, 3.05) is 0 Å². The zero-order chi connectivity index (χ0) is 14.1. The van der Waals surface area contributed by atoms with E-state index in [-0.39, 0.29) is 0 Å². The second-order valence-electron chi connectivity index (χ2n) is 4.47. The maximum Gasteiger partial charge on any atom is 0.331 e. The second-order valence-corrected chi connectivity index (χ2v) is 4.47. The molecule has 0 aromatic rings. The molecule has 2 nitrogen and oxygen atoms in total. The van der Waals surface area contributed by atoms with Crippen molar-refractivity contribution in [2.24, 2.45) is 0 Å². The van der Waals surface area contributed by atoms with Crippen LogP contribution in [0.15, 0.2) is 58.7 Å². The van der Waals surface area contributed by atoms with Crippen LogP contribution in [0.2, 0.25) is 0 Å². The summed E-state index contributed by atoms with van der Waals surface area (Å²) in [6, 6.07) is 0. The Morgan fingerprint density at radius 2 is 1.44 bits per heavy atom. The van der Waals surface area contributed by atoms with Gasteiger partial charge in [0.15, 0.2) is 0 Å². The number of carbonyl (C=O) groups is 1. The van der Waals surface area contributed by atoms with E-state index in [0.717, 1.165) is 5.57 Å². The number of carboxylic acids is 1. The van der Waals surface area contributed by atoms with Gasteiger partial charge < -0.3 is 5.11 Å². The normalized spacial score (nSPS) is 13.4. The first-order chi connectivity index (χ1) is 8.34. The van der Waals surface area contributed by atoms with Gasteiger partial charge in [0.2, 0.25) is 0 Å². The Morgan fingerprint density at radius 3 is 1.94 bits per heavy atom. The minimum atomic E-state index is -0.889. The summed E-state index contributed by atoms with van der Waals surface area (Å²) in [5.74, 6) is -0.889. The van der Waals surface area contributed by atoms with E-state index in [2.05, 4.69) is 26.8 Å². The molecule has 0 bridgehead atoms. The third-order valence-corrected chi connectivity index (χ3v) is 2.54.